The first-order valence-electron chi connectivity index (χ1n) is 3.61. The van der Waals surface area contributed by atoms with Gasteiger partial charge in [0.05, 0.1) is 0 Å². The maximum Gasteiger partial charge on any atom is 0.195 e. The molecule has 0 aliphatic rings. The van der Waals surface area contributed by atoms with Gasteiger partial charge in [-0.05, 0) is 63.7 Å². The molecule has 2 unspecified atom stereocenters. The molecular weight excluding hydrogens is 484 g/mol. The summed E-state index contributed by atoms with van der Waals surface area (Å²) in [5.41, 5.74) is -0.104. The van der Waals surface area contributed by atoms with E-state index in [1.807, 2.05) is 0 Å². The fourth-order valence-corrected chi connectivity index (χ4v) is 3.80. The molecule has 0 saturated carbocycles. The largest absolute Gasteiger partial charge is 0.595 e. The Labute approximate surface area is 123 Å². The van der Waals surface area contributed by atoms with Crippen molar-refractivity contribution in [2.45, 2.75) is 0 Å². The summed E-state index contributed by atoms with van der Waals surface area (Å²) in [5, 5.41) is 37.6. The third kappa shape index (κ3) is 2.66. The molecule has 0 aliphatic carbocycles. The molecule has 0 saturated heterocycles. The van der Waals surface area contributed by atoms with Crippen molar-refractivity contribution >= 4 is 75.1 Å². The highest BCUT2D eigenvalue weighted by Gasteiger charge is 2.27. The van der Waals surface area contributed by atoms with Gasteiger partial charge in [0.25, 0.3) is 0 Å². The zero-order chi connectivity index (χ0) is 12.6. The molecule has 0 aliphatic heterocycles. The van der Waals surface area contributed by atoms with Crippen molar-refractivity contribution in [2.24, 2.45) is 0 Å². The molecule has 0 amide bonds. The number of nitrogens with one attached hydrogen (secondary N) is 2. The molecule has 1 rings (SSSR count). The molecular formula is C6H4Br4N2O4. The number of quaternary nitrogens is 2. The van der Waals surface area contributed by atoms with Crippen LogP contribution in [0.4, 0.5) is 11.4 Å². The van der Waals surface area contributed by atoms with Gasteiger partial charge in [0.15, 0.2) is 11.4 Å². The Bertz CT molecular complexity index is 357. The molecule has 1 aromatic carbocycles. The first-order valence-corrected chi connectivity index (χ1v) is 6.78. The van der Waals surface area contributed by atoms with Crippen molar-refractivity contribution in [3.63, 3.8) is 0 Å². The third-order valence-corrected chi connectivity index (χ3v) is 5.93. The maximum atomic E-state index is 11.0. The summed E-state index contributed by atoms with van der Waals surface area (Å²) < 4.78 is 0.694. The second-order valence-corrected chi connectivity index (χ2v) is 5.79. The first kappa shape index (κ1) is 15.0. The summed E-state index contributed by atoms with van der Waals surface area (Å²) in [5.74, 6) is 0. The Morgan fingerprint density at radius 1 is 0.688 bits per heavy atom. The molecule has 1 aromatic rings. The van der Waals surface area contributed by atoms with E-state index in [-0.39, 0.29) is 29.3 Å². The standard InChI is InChI=1S/C6H4Br4N2O4/c7-1-2(8)6(12(15)16)4(10)3(9)5(1)11(13)14/h11-13,15H. The predicted molar refractivity (Wildman–Crippen MR) is 68.8 cm³/mol. The average molecular weight is 488 g/mol. The summed E-state index contributed by atoms with van der Waals surface area (Å²) >= 11 is 12.2. The summed E-state index contributed by atoms with van der Waals surface area (Å²) in [4.78, 5) is 0. The van der Waals surface area contributed by atoms with Crippen molar-refractivity contribution in [1.29, 1.82) is 0 Å². The lowest BCUT2D eigenvalue weighted by molar-refractivity contribution is -0.994. The Kier molecular flexibility index (Phi) is 5.32. The zero-order valence-corrected chi connectivity index (χ0v) is 13.6. The number of halogens is 4. The Morgan fingerprint density at radius 3 is 1.00 bits per heavy atom. The van der Waals surface area contributed by atoms with E-state index in [9.17, 15) is 10.4 Å². The van der Waals surface area contributed by atoms with Crippen molar-refractivity contribution in [1.82, 2.24) is 0 Å². The molecule has 0 fully saturated rings. The Morgan fingerprint density at radius 2 is 0.875 bits per heavy atom. The van der Waals surface area contributed by atoms with Crippen LogP contribution in [0.2, 0.25) is 0 Å². The van der Waals surface area contributed by atoms with Crippen LogP contribution in [0, 0.1) is 10.4 Å². The summed E-state index contributed by atoms with van der Waals surface area (Å²) in [6.45, 7) is 0. The van der Waals surface area contributed by atoms with Crippen molar-refractivity contribution in [2.75, 3.05) is 0 Å². The molecule has 0 bridgehead atoms. The summed E-state index contributed by atoms with van der Waals surface area (Å²) in [7, 11) is 0. The molecule has 2 atom stereocenters. The highest BCUT2D eigenvalue weighted by molar-refractivity contribution is 9.14. The monoisotopic (exact) mass is 484 g/mol. The van der Waals surface area contributed by atoms with E-state index in [0.717, 1.165) is 0 Å². The van der Waals surface area contributed by atoms with Gasteiger partial charge < -0.3 is 10.4 Å². The quantitative estimate of drug-likeness (QED) is 0.376. The highest BCUT2D eigenvalue weighted by Crippen LogP contribution is 2.44. The highest BCUT2D eigenvalue weighted by atomic mass is 79.9. The van der Waals surface area contributed by atoms with Crippen LogP contribution in [0.3, 0.4) is 0 Å². The van der Waals surface area contributed by atoms with E-state index in [1.54, 1.807) is 0 Å². The van der Waals surface area contributed by atoms with Gasteiger partial charge in [-0.25, -0.2) is 10.4 Å². The predicted octanol–water partition coefficient (Wildman–Crippen LogP) is 1.54. The number of hydrogen-bond donors (Lipinski definition) is 4. The van der Waals surface area contributed by atoms with Crippen LogP contribution >= 0.6 is 63.7 Å². The van der Waals surface area contributed by atoms with Crippen LogP contribution < -0.4 is 10.5 Å². The van der Waals surface area contributed by atoms with Gasteiger partial charge in [-0.15, -0.1) is 0 Å². The third-order valence-electron chi connectivity index (χ3n) is 1.69. The molecule has 0 spiro atoms. The molecule has 4 N–H and O–H groups in total. The Balaban J connectivity index is 3.63. The Hall–Kier alpha value is 0.900. The second-order valence-electron chi connectivity index (χ2n) is 2.62. The van der Waals surface area contributed by atoms with Crippen LogP contribution in [0.15, 0.2) is 17.9 Å². The van der Waals surface area contributed by atoms with Crippen LogP contribution in [0.25, 0.3) is 0 Å². The average Bonchev–Trinajstić information content (AvgIpc) is 2.14. The topological polar surface area (TPSA) is 95.5 Å². The van der Waals surface area contributed by atoms with E-state index in [0.29, 0.717) is 0 Å². The van der Waals surface area contributed by atoms with Gasteiger partial charge in [0.1, 0.15) is 17.9 Å². The van der Waals surface area contributed by atoms with Crippen molar-refractivity contribution in [3.8, 4) is 0 Å². The van der Waals surface area contributed by atoms with Gasteiger partial charge in [-0.3, -0.25) is 0 Å². The minimum atomic E-state index is -1.17. The lowest BCUT2D eigenvalue weighted by Gasteiger charge is -2.21. The van der Waals surface area contributed by atoms with Crippen LogP contribution in [0.1, 0.15) is 0 Å². The summed E-state index contributed by atoms with van der Waals surface area (Å²) in [6.07, 6.45) is 0. The van der Waals surface area contributed by atoms with Gasteiger partial charge in [0, 0.05) is 0 Å². The van der Waals surface area contributed by atoms with Gasteiger partial charge >= 0.3 is 0 Å². The molecule has 0 aromatic heterocycles. The van der Waals surface area contributed by atoms with Crippen molar-refractivity contribution in [3.05, 3.63) is 28.3 Å². The first-order chi connectivity index (χ1) is 7.29. The zero-order valence-electron chi connectivity index (χ0n) is 7.22. The normalized spacial score (nSPS) is 15.0. The van der Waals surface area contributed by atoms with E-state index >= 15 is 0 Å². The number of hydrogen-bond acceptors (Lipinski definition) is 4. The molecule has 90 valence electrons. The SMILES string of the molecule is [O-][NH+](O)c1c(Br)c(Br)c([NH+]([O-])O)c(Br)c1Br. The van der Waals surface area contributed by atoms with Gasteiger partial charge in [0.2, 0.25) is 0 Å². The molecule has 0 heterocycles. The van der Waals surface area contributed by atoms with Crippen LogP contribution in [-0.2, 0) is 0 Å². The van der Waals surface area contributed by atoms with Gasteiger partial charge in [-0.2, -0.15) is 10.5 Å². The number of rotatable bonds is 2. The summed E-state index contributed by atoms with van der Waals surface area (Å²) in [6, 6.07) is 0. The molecule has 16 heavy (non-hydrogen) atoms. The lowest BCUT2D eigenvalue weighted by atomic mass is 10.3. The molecule has 0 radical (unpaired) electrons. The van der Waals surface area contributed by atoms with E-state index in [4.69, 9.17) is 10.4 Å². The smallest absolute Gasteiger partial charge is 0.195 e. The fraction of sp³-hybridized carbons (Fsp3) is 0. The molecule has 10 heteroatoms. The van der Waals surface area contributed by atoms with Crippen molar-refractivity contribution < 1.29 is 20.9 Å². The van der Waals surface area contributed by atoms with E-state index in [2.05, 4.69) is 63.7 Å². The van der Waals surface area contributed by atoms with Gasteiger partial charge in [-0.1, -0.05) is 0 Å². The minimum absolute atomic E-state index is 0.0521. The molecule has 6 nitrogen and oxygen atoms in total. The number of benzene rings is 1. The van der Waals surface area contributed by atoms with E-state index < -0.39 is 10.5 Å². The maximum absolute atomic E-state index is 11.0. The second kappa shape index (κ2) is 5.69. The fourth-order valence-electron chi connectivity index (χ4n) is 1.01. The lowest BCUT2D eigenvalue weighted by Crippen LogP contribution is -3.00. The van der Waals surface area contributed by atoms with Crippen LogP contribution in [-0.4, -0.2) is 10.4 Å². The minimum Gasteiger partial charge on any atom is -0.595 e. The van der Waals surface area contributed by atoms with Crippen LogP contribution in [0.5, 0.6) is 0 Å². The van der Waals surface area contributed by atoms with E-state index in [1.165, 1.54) is 0 Å².